The van der Waals surface area contributed by atoms with Crippen LogP contribution in [0, 0.1) is 0 Å². The van der Waals surface area contributed by atoms with Crippen LogP contribution in [-0.2, 0) is 4.57 Å². The molecule has 8 N–H and O–H groups in total. The summed E-state index contributed by atoms with van der Waals surface area (Å²) in [7, 11) is -3.72. The predicted molar refractivity (Wildman–Crippen MR) is 60.3 cm³/mol. The van der Waals surface area contributed by atoms with Crippen molar-refractivity contribution < 1.29 is 14.4 Å². The second kappa shape index (κ2) is 11.1. The predicted octanol–water partition coefficient (Wildman–Crippen LogP) is 2.85. The Labute approximate surface area is 86.6 Å². The number of unbranched alkanes of at least 4 members (excludes halogenated alkanes) is 5. The van der Waals surface area contributed by atoms with E-state index in [2.05, 4.69) is 6.92 Å². The first-order chi connectivity index (χ1) is 5.56. The van der Waals surface area contributed by atoms with Crippen LogP contribution in [0.1, 0.15) is 45.4 Å². The Balaban J connectivity index is -0.000000605. The SMILES string of the molecule is CCCCCCCCP(=O)(O)O.N.N. The Morgan fingerprint density at radius 2 is 1.36 bits per heavy atom. The normalized spacial score (nSPS) is 10.2. The van der Waals surface area contributed by atoms with Crippen molar-refractivity contribution in [3.05, 3.63) is 0 Å². The van der Waals surface area contributed by atoms with E-state index in [-0.39, 0.29) is 18.5 Å². The molecule has 0 saturated heterocycles. The summed E-state index contributed by atoms with van der Waals surface area (Å²) in [6, 6.07) is 0. The number of rotatable bonds is 7. The van der Waals surface area contributed by atoms with E-state index in [0.717, 1.165) is 12.8 Å². The lowest BCUT2D eigenvalue weighted by atomic mass is 10.1. The molecule has 0 aromatic rings. The molecule has 14 heavy (non-hydrogen) atoms. The molecule has 0 rings (SSSR count). The molecule has 6 heteroatoms. The van der Waals surface area contributed by atoms with Crippen molar-refractivity contribution in [3.63, 3.8) is 0 Å². The lowest BCUT2D eigenvalue weighted by molar-refractivity contribution is 0.370. The van der Waals surface area contributed by atoms with Gasteiger partial charge in [0.1, 0.15) is 0 Å². The average molecular weight is 228 g/mol. The highest BCUT2D eigenvalue weighted by Gasteiger charge is 2.10. The molecule has 0 bridgehead atoms. The topological polar surface area (TPSA) is 128 Å². The summed E-state index contributed by atoms with van der Waals surface area (Å²) in [5, 5.41) is 0. The van der Waals surface area contributed by atoms with E-state index in [1.165, 1.54) is 19.3 Å². The fourth-order valence-electron chi connectivity index (χ4n) is 1.10. The summed E-state index contributed by atoms with van der Waals surface area (Å²) in [5.74, 6) is 0. The second-order valence-electron chi connectivity index (χ2n) is 3.16. The highest BCUT2D eigenvalue weighted by atomic mass is 31.2. The highest BCUT2D eigenvalue weighted by molar-refractivity contribution is 7.51. The molecule has 0 aliphatic rings. The largest absolute Gasteiger partial charge is 0.344 e. The summed E-state index contributed by atoms with van der Waals surface area (Å²) in [4.78, 5) is 17.1. The number of hydrogen-bond donors (Lipinski definition) is 4. The minimum atomic E-state index is -3.72. The molecule has 0 amide bonds. The van der Waals surface area contributed by atoms with Gasteiger partial charge in [-0.25, -0.2) is 0 Å². The molecule has 0 saturated carbocycles. The van der Waals surface area contributed by atoms with Crippen molar-refractivity contribution >= 4 is 7.60 Å². The first kappa shape index (κ1) is 19.6. The molecule has 0 aromatic carbocycles. The van der Waals surface area contributed by atoms with Gasteiger partial charge < -0.3 is 22.1 Å². The Hall–Kier alpha value is 0.0700. The van der Waals surface area contributed by atoms with Gasteiger partial charge >= 0.3 is 7.60 Å². The molecule has 5 nitrogen and oxygen atoms in total. The lowest BCUT2D eigenvalue weighted by Crippen LogP contribution is -1.88. The average Bonchev–Trinajstić information content (AvgIpc) is 1.94. The molecule has 0 fully saturated rings. The maximum absolute atomic E-state index is 10.4. The molecule has 0 unspecified atom stereocenters. The van der Waals surface area contributed by atoms with Crippen LogP contribution in [-0.4, -0.2) is 15.9 Å². The summed E-state index contributed by atoms with van der Waals surface area (Å²) in [5.41, 5.74) is 0. The Morgan fingerprint density at radius 3 is 1.79 bits per heavy atom. The van der Waals surface area contributed by atoms with Gasteiger partial charge in [-0.05, 0) is 6.42 Å². The van der Waals surface area contributed by atoms with Crippen LogP contribution in [0.15, 0.2) is 0 Å². The van der Waals surface area contributed by atoms with Crippen LogP contribution in [0.4, 0.5) is 0 Å². The van der Waals surface area contributed by atoms with Gasteiger partial charge in [-0.1, -0.05) is 39.0 Å². The maximum Gasteiger partial charge on any atom is 0.325 e. The molecule has 0 heterocycles. The summed E-state index contributed by atoms with van der Waals surface area (Å²) >= 11 is 0. The quantitative estimate of drug-likeness (QED) is 0.393. The van der Waals surface area contributed by atoms with Gasteiger partial charge in [0.2, 0.25) is 0 Å². The minimum Gasteiger partial charge on any atom is -0.344 e. The van der Waals surface area contributed by atoms with Crippen LogP contribution in [0.25, 0.3) is 0 Å². The highest BCUT2D eigenvalue weighted by Crippen LogP contribution is 2.35. The van der Waals surface area contributed by atoms with Crippen LogP contribution < -0.4 is 12.3 Å². The zero-order valence-electron chi connectivity index (χ0n) is 9.11. The molecule has 0 spiro atoms. The van der Waals surface area contributed by atoms with Gasteiger partial charge in [-0.3, -0.25) is 4.57 Å². The van der Waals surface area contributed by atoms with Crippen molar-refractivity contribution in [2.75, 3.05) is 6.16 Å². The first-order valence-corrected chi connectivity index (χ1v) is 6.40. The summed E-state index contributed by atoms with van der Waals surface area (Å²) in [6.45, 7) is 2.15. The van der Waals surface area contributed by atoms with Gasteiger partial charge in [0.05, 0.1) is 0 Å². The summed E-state index contributed by atoms with van der Waals surface area (Å²) in [6.07, 6.45) is 6.40. The Morgan fingerprint density at radius 1 is 0.929 bits per heavy atom. The van der Waals surface area contributed by atoms with Crippen molar-refractivity contribution in [2.24, 2.45) is 0 Å². The van der Waals surface area contributed by atoms with Gasteiger partial charge in [0.25, 0.3) is 0 Å². The van der Waals surface area contributed by atoms with E-state index in [1.807, 2.05) is 0 Å². The molecule has 0 aromatic heterocycles. The molecule has 0 aliphatic heterocycles. The van der Waals surface area contributed by atoms with E-state index >= 15 is 0 Å². The maximum atomic E-state index is 10.4. The lowest BCUT2D eigenvalue weighted by Gasteiger charge is -2.02. The molecular weight excluding hydrogens is 203 g/mol. The van der Waals surface area contributed by atoms with Gasteiger partial charge in [-0.15, -0.1) is 0 Å². The van der Waals surface area contributed by atoms with Crippen molar-refractivity contribution in [3.8, 4) is 0 Å². The zero-order valence-corrected chi connectivity index (χ0v) is 10.0. The first-order valence-electron chi connectivity index (χ1n) is 4.61. The third-order valence-electron chi connectivity index (χ3n) is 1.80. The fourth-order valence-corrected chi connectivity index (χ4v) is 1.73. The van der Waals surface area contributed by atoms with Crippen molar-refractivity contribution in [1.29, 1.82) is 0 Å². The van der Waals surface area contributed by atoms with Gasteiger partial charge in [-0.2, -0.15) is 0 Å². The Kier molecular flexibility index (Phi) is 15.6. The molecule has 0 aliphatic carbocycles. The minimum absolute atomic E-state index is 0. The van der Waals surface area contributed by atoms with E-state index in [0.29, 0.717) is 6.42 Å². The van der Waals surface area contributed by atoms with E-state index < -0.39 is 7.60 Å². The van der Waals surface area contributed by atoms with Crippen molar-refractivity contribution in [2.45, 2.75) is 45.4 Å². The third-order valence-corrected chi connectivity index (χ3v) is 2.70. The van der Waals surface area contributed by atoms with Crippen LogP contribution in [0.2, 0.25) is 0 Å². The monoisotopic (exact) mass is 228 g/mol. The number of hydrogen-bond acceptors (Lipinski definition) is 3. The van der Waals surface area contributed by atoms with Crippen molar-refractivity contribution in [1.82, 2.24) is 12.3 Å². The molecule has 90 valence electrons. The van der Waals surface area contributed by atoms with Gasteiger partial charge in [0, 0.05) is 6.16 Å². The van der Waals surface area contributed by atoms with E-state index in [9.17, 15) is 4.57 Å². The third kappa shape index (κ3) is 18.0. The smallest absolute Gasteiger partial charge is 0.325 e. The van der Waals surface area contributed by atoms with E-state index in [1.54, 1.807) is 0 Å². The van der Waals surface area contributed by atoms with Gasteiger partial charge in [0.15, 0.2) is 0 Å². The Bertz CT molecular complexity index is 150. The van der Waals surface area contributed by atoms with Crippen LogP contribution in [0.3, 0.4) is 0 Å². The molecule has 0 atom stereocenters. The fraction of sp³-hybridized carbons (Fsp3) is 1.00. The second-order valence-corrected chi connectivity index (χ2v) is 4.93. The summed E-state index contributed by atoms with van der Waals surface area (Å²) < 4.78 is 10.4. The van der Waals surface area contributed by atoms with Crippen LogP contribution in [0.5, 0.6) is 0 Å². The zero-order chi connectivity index (χ0) is 9.45. The molecule has 0 radical (unpaired) electrons. The van der Waals surface area contributed by atoms with E-state index in [4.69, 9.17) is 9.79 Å². The molecular formula is C8H25N2O3P. The standard InChI is InChI=1S/C8H19O3P.2H3N/c1-2-3-4-5-6-7-8-12(9,10)11;;/h2-8H2,1H3,(H2,9,10,11);2*1H3. The van der Waals surface area contributed by atoms with Crippen LogP contribution >= 0.6 is 7.60 Å².